The largest absolute Gasteiger partial charge is 0.417 e. The Morgan fingerprint density at radius 3 is 2.54 bits per heavy atom. The standard InChI is InChI=1S/C8H12F2N2O/c1-5(2)12-7(13-8(9)10)6(3)4-11-12/h4-5,8H,1-3H3. The zero-order valence-electron chi connectivity index (χ0n) is 7.79. The summed E-state index contributed by atoms with van der Waals surface area (Å²) in [6, 6.07) is 0.0162. The molecule has 0 N–H and O–H groups in total. The first-order valence-electron chi connectivity index (χ1n) is 4.01. The van der Waals surface area contributed by atoms with Gasteiger partial charge in [-0.3, -0.25) is 0 Å². The minimum absolute atomic E-state index is 0.0162. The summed E-state index contributed by atoms with van der Waals surface area (Å²) < 4.78 is 29.7. The number of ether oxygens (including phenoxy) is 1. The highest BCUT2D eigenvalue weighted by molar-refractivity contribution is 5.22. The van der Waals surface area contributed by atoms with Crippen LogP contribution in [-0.2, 0) is 0 Å². The SMILES string of the molecule is Cc1cnn(C(C)C)c1OC(F)F. The number of aromatic nitrogens is 2. The number of halogens is 2. The molecule has 0 aromatic carbocycles. The Morgan fingerprint density at radius 1 is 1.46 bits per heavy atom. The number of hydrogen-bond acceptors (Lipinski definition) is 2. The maximum Gasteiger partial charge on any atom is 0.388 e. The summed E-state index contributed by atoms with van der Waals surface area (Å²) in [5.74, 6) is 0.144. The van der Waals surface area contributed by atoms with E-state index >= 15 is 0 Å². The number of hydrogen-bond donors (Lipinski definition) is 0. The van der Waals surface area contributed by atoms with E-state index in [9.17, 15) is 8.78 Å². The van der Waals surface area contributed by atoms with Gasteiger partial charge in [0.05, 0.1) is 12.2 Å². The van der Waals surface area contributed by atoms with Crippen molar-refractivity contribution in [1.29, 1.82) is 0 Å². The molecule has 1 heterocycles. The molecular formula is C8H12F2N2O. The Balaban J connectivity index is 2.94. The average Bonchev–Trinajstić information content (AvgIpc) is 2.32. The van der Waals surface area contributed by atoms with Crippen LogP contribution in [-0.4, -0.2) is 16.4 Å². The first kappa shape index (κ1) is 9.95. The minimum atomic E-state index is -2.80. The molecule has 0 spiro atoms. The Kier molecular flexibility index (Phi) is 2.85. The molecule has 0 aliphatic heterocycles. The molecule has 0 atom stereocenters. The molecule has 0 saturated heterocycles. The summed E-state index contributed by atoms with van der Waals surface area (Å²) in [7, 11) is 0. The van der Waals surface area contributed by atoms with E-state index in [4.69, 9.17) is 0 Å². The molecule has 0 amide bonds. The quantitative estimate of drug-likeness (QED) is 0.731. The van der Waals surface area contributed by atoms with E-state index in [0.717, 1.165) is 0 Å². The molecular weight excluding hydrogens is 178 g/mol. The van der Waals surface area contributed by atoms with Gasteiger partial charge in [-0.1, -0.05) is 0 Å². The van der Waals surface area contributed by atoms with E-state index in [2.05, 4.69) is 9.84 Å². The van der Waals surface area contributed by atoms with Crippen LogP contribution in [0.1, 0.15) is 25.5 Å². The highest BCUT2D eigenvalue weighted by atomic mass is 19.3. The summed E-state index contributed by atoms with van der Waals surface area (Å²) in [5.41, 5.74) is 0.619. The van der Waals surface area contributed by atoms with Gasteiger partial charge < -0.3 is 4.74 Å². The fourth-order valence-electron chi connectivity index (χ4n) is 1.04. The van der Waals surface area contributed by atoms with Crippen molar-refractivity contribution in [3.05, 3.63) is 11.8 Å². The van der Waals surface area contributed by atoms with Crippen LogP contribution in [0, 0.1) is 6.92 Å². The van der Waals surface area contributed by atoms with Crippen molar-refractivity contribution in [3.8, 4) is 5.88 Å². The molecule has 1 aromatic heterocycles. The normalized spacial score (nSPS) is 11.3. The number of aryl methyl sites for hydroxylation is 1. The molecule has 0 radical (unpaired) electrons. The smallest absolute Gasteiger partial charge is 0.388 e. The maximum absolute atomic E-state index is 12.0. The first-order chi connectivity index (χ1) is 6.02. The van der Waals surface area contributed by atoms with E-state index in [1.54, 1.807) is 6.92 Å². The van der Waals surface area contributed by atoms with Gasteiger partial charge in [-0.05, 0) is 20.8 Å². The van der Waals surface area contributed by atoms with Gasteiger partial charge in [0, 0.05) is 5.56 Å². The average molecular weight is 190 g/mol. The van der Waals surface area contributed by atoms with E-state index in [1.165, 1.54) is 10.9 Å². The van der Waals surface area contributed by atoms with Crippen LogP contribution in [0.4, 0.5) is 8.78 Å². The Labute approximate surface area is 75.3 Å². The maximum atomic E-state index is 12.0. The highest BCUT2D eigenvalue weighted by Gasteiger charge is 2.15. The van der Waals surface area contributed by atoms with Crippen molar-refractivity contribution in [2.75, 3.05) is 0 Å². The number of rotatable bonds is 3. The fourth-order valence-corrected chi connectivity index (χ4v) is 1.04. The lowest BCUT2D eigenvalue weighted by Gasteiger charge is -2.11. The molecule has 0 bridgehead atoms. The van der Waals surface area contributed by atoms with E-state index < -0.39 is 6.61 Å². The van der Waals surface area contributed by atoms with Crippen LogP contribution in [0.15, 0.2) is 6.20 Å². The summed E-state index contributed by atoms with van der Waals surface area (Å²) >= 11 is 0. The Bertz CT molecular complexity index is 284. The Morgan fingerprint density at radius 2 is 2.08 bits per heavy atom. The lowest BCUT2D eigenvalue weighted by molar-refractivity contribution is -0.0568. The van der Waals surface area contributed by atoms with Crippen molar-refractivity contribution in [3.63, 3.8) is 0 Å². The molecule has 74 valence electrons. The van der Waals surface area contributed by atoms with Crippen LogP contribution in [0.2, 0.25) is 0 Å². The van der Waals surface area contributed by atoms with Gasteiger partial charge in [0.1, 0.15) is 0 Å². The third kappa shape index (κ3) is 2.17. The molecule has 0 unspecified atom stereocenters. The van der Waals surface area contributed by atoms with Gasteiger partial charge in [0.15, 0.2) is 0 Å². The molecule has 1 rings (SSSR count). The first-order valence-corrected chi connectivity index (χ1v) is 4.01. The van der Waals surface area contributed by atoms with Crippen LogP contribution in [0.25, 0.3) is 0 Å². The summed E-state index contributed by atoms with van der Waals surface area (Å²) in [4.78, 5) is 0. The Hall–Kier alpha value is -1.13. The van der Waals surface area contributed by atoms with Gasteiger partial charge in [0.2, 0.25) is 5.88 Å². The second-order valence-electron chi connectivity index (χ2n) is 3.05. The molecule has 0 aliphatic rings. The summed E-state index contributed by atoms with van der Waals surface area (Å²) in [6.07, 6.45) is 1.51. The second kappa shape index (κ2) is 3.72. The lowest BCUT2D eigenvalue weighted by atomic mass is 10.3. The van der Waals surface area contributed by atoms with Gasteiger partial charge >= 0.3 is 6.61 Å². The van der Waals surface area contributed by atoms with Crippen molar-refractivity contribution in [2.45, 2.75) is 33.4 Å². The van der Waals surface area contributed by atoms with Gasteiger partial charge in [-0.25, -0.2) is 4.68 Å². The fraction of sp³-hybridized carbons (Fsp3) is 0.625. The summed E-state index contributed by atoms with van der Waals surface area (Å²) in [6.45, 7) is 2.59. The van der Waals surface area contributed by atoms with Crippen LogP contribution in [0.5, 0.6) is 5.88 Å². The minimum Gasteiger partial charge on any atom is -0.417 e. The molecule has 3 nitrogen and oxygen atoms in total. The van der Waals surface area contributed by atoms with Crippen molar-refractivity contribution in [1.82, 2.24) is 9.78 Å². The van der Waals surface area contributed by atoms with E-state index in [-0.39, 0.29) is 11.9 Å². The molecule has 0 saturated carbocycles. The lowest BCUT2D eigenvalue weighted by Crippen LogP contribution is -2.11. The van der Waals surface area contributed by atoms with Gasteiger partial charge in [-0.2, -0.15) is 13.9 Å². The van der Waals surface area contributed by atoms with Crippen LogP contribution < -0.4 is 4.74 Å². The van der Waals surface area contributed by atoms with Crippen molar-refractivity contribution >= 4 is 0 Å². The second-order valence-corrected chi connectivity index (χ2v) is 3.05. The molecule has 5 heteroatoms. The number of nitrogens with zero attached hydrogens (tertiary/aromatic N) is 2. The third-order valence-corrected chi connectivity index (χ3v) is 1.61. The van der Waals surface area contributed by atoms with Crippen LogP contribution in [0.3, 0.4) is 0 Å². The number of alkyl halides is 2. The van der Waals surface area contributed by atoms with Crippen molar-refractivity contribution < 1.29 is 13.5 Å². The van der Waals surface area contributed by atoms with Gasteiger partial charge in [0.25, 0.3) is 0 Å². The predicted molar refractivity (Wildman–Crippen MR) is 44.0 cm³/mol. The summed E-state index contributed by atoms with van der Waals surface area (Å²) in [5, 5.41) is 3.93. The zero-order chi connectivity index (χ0) is 10.0. The van der Waals surface area contributed by atoms with Crippen LogP contribution >= 0.6 is 0 Å². The highest BCUT2D eigenvalue weighted by Crippen LogP contribution is 2.22. The van der Waals surface area contributed by atoms with Gasteiger partial charge in [-0.15, -0.1) is 0 Å². The van der Waals surface area contributed by atoms with E-state index in [1.807, 2.05) is 13.8 Å². The monoisotopic (exact) mass is 190 g/mol. The zero-order valence-corrected chi connectivity index (χ0v) is 7.79. The van der Waals surface area contributed by atoms with Crippen molar-refractivity contribution in [2.24, 2.45) is 0 Å². The van der Waals surface area contributed by atoms with E-state index in [0.29, 0.717) is 5.56 Å². The molecule has 0 fully saturated rings. The predicted octanol–water partition coefficient (Wildman–Crippen LogP) is 2.37. The molecule has 1 aromatic rings. The topological polar surface area (TPSA) is 27.1 Å². The molecule has 0 aliphatic carbocycles. The molecule has 13 heavy (non-hydrogen) atoms. The third-order valence-electron chi connectivity index (χ3n) is 1.61.